The molecule has 0 radical (unpaired) electrons. The van der Waals surface area contributed by atoms with Gasteiger partial charge in [0.1, 0.15) is 5.60 Å². The number of rotatable bonds is 5. The first-order chi connectivity index (χ1) is 11.0. The minimum Gasteiger partial charge on any atom is -0.461 e. The number of hydrogen-bond donors (Lipinski definition) is 1. The summed E-state index contributed by atoms with van der Waals surface area (Å²) in [5, 5.41) is 2.33. The molecule has 0 atom stereocenters. The summed E-state index contributed by atoms with van der Waals surface area (Å²) in [5.74, 6) is -7.94. The van der Waals surface area contributed by atoms with E-state index in [9.17, 15) is 23.2 Å². The summed E-state index contributed by atoms with van der Waals surface area (Å²) in [6.45, 7) is 6.05. The Bertz CT molecular complexity index is 638. The van der Waals surface area contributed by atoms with E-state index in [1.165, 1.54) is 19.1 Å². The Kier molecular flexibility index (Phi) is 6.00. The number of benzene rings is 1. The molecule has 0 unspecified atom stereocenters. The van der Waals surface area contributed by atoms with E-state index in [0.717, 1.165) is 12.1 Å². The molecule has 0 saturated carbocycles. The zero-order valence-corrected chi connectivity index (χ0v) is 13.8. The number of esters is 1. The highest BCUT2D eigenvalue weighted by Crippen LogP contribution is 2.24. The van der Waals surface area contributed by atoms with E-state index in [1.807, 2.05) is 0 Å². The highest BCUT2D eigenvalue weighted by molar-refractivity contribution is 6.14. The van der Waals surface area contributed by atoms with Crippen molar-refractivity contribution < 1.29 is 32.6 Å². The molecular weight excluding hydrogens is 324 g/mol. The fraction of sp³-hybridized carbons (Fsp3) is 0.438. The summed E-state index contributed by atoms with van der Waals surface area (Å²) < 4.78 is 36.7. The van der Waals surface area contributed by atoms with Crippen molar-refractivity contribution in [2.24, 2.45) is 0 Å². The van der Waals surface area contributed by atoms with Gasteiger partial charge in [-0.3, -0.25) is 10.1 Å². The molecule has 0 aliphatic carbocycles. The Morgan fingerprint density at radius 1 is 1.17 bits per heavy atom. The summed E-state index contributed by atoms with van der Waals surface area (Å²) in [4.78, 5) is 34.7. The van der Waals surface area contributed by atoms with Crippen LogP contribution in [0, 0.1) is 0 Å². The minimum atomic E-state index is -4.31. The van der Waals surface area contributed by atoms with E-state index < -0.39 is 34.9 Å². The van der Waals surface area contributed by atoms with E-state index >= 15 is 0 Å². The third kappa shape index (κ3) is 5.29. The van der Waals surface area contributed by atoms with Crippen LogP contribution in [0.15, 0.2) is 24.3 Å². The van der Waals surface area contributed by atoms with Gasteiger partial charge in [-0.05, 0) is 39.8 Å². The van der Waals surface area contributed by atoms with Crippen LogP contribution in [0.5, 0.6) is 0 Å². The second kappa shape index (κ2) is 7.37. The Hall–Kier alpha value is -2.51. The van der Waals surface area contributed by atoms with Crippen LogP contribution >= 0.6 is 0 Å². The molecule has 0 heterocycles. The molecule has 8 heteroatoms. The van der Waals surface area contributed by atoms with Crippen LogP contribution < -0.4 is 5.32 Å². The first-order valence-electron chi connectivity index (χ1n) is 7.17. The number of ketones is 1. The van der Waals surface area contributed by atoms with Gasteiger partial charge in [-0.2, -0.15) is 8.78 Å². The number of carbonyl (C=O) groups excluding carboxylic acids is 3. The summed E-state index contributed by atoms with van der Waals surface area (Å²) in [6.07, 6.45) is -0.802. The second-order valence-corrected chi connectivity index (χ2v) is 5.83. The number of Topliss-reactive ketones (excluding diaryl/α,β-unsaturated/α-hetero) is 1. The van der Waals surface area contributed by atoms with Crippen LogP contribution in [0.2, 0.25) is 0 Å². The third-order valence-electron chi connectivity index (χ3n) is 2.59. The van der Waals surface area contributed by atoms with Gasteiger partial charge in [-0.15, -0.1) is 0 Å². The van der Waals surface area contributed by atoms with Crippen molar-refractivity contribution in [1.82, 2.24) is 0 Å². The van der Waals surface area contributed by atoms with Gasteiger partial charge in [0.25, 0.3) is 0 Å². The minimum absolute atomic E-state index is 0.0785. The predicted octanol–water partition coefficient (Wildman–Crippen LogP) is 3.41. The van der Waals surface area contributed by atoms with Crippen molar-refractivity contribution >= 4 is 23.5 Å². The molecule has 0 aromatic heterocycles. The van der Waals surface area contributed by atoms with Gasteiger partial charge in [0.05, 0.1) is 6.61 Å². The van der Waals surface area contributed by atoms with Gasteiger partial charge in [0, 0.05) is 11.3 Å². The number of nitrogens with one attached hydrogen (secondary N) is 1. The number of amides is 1. The molecule has 0 bridgehead atoms. The average Bonchev–Trinajstić information content (AvgIpc) is 2.44. The maximum Gasteiger partial charge on any atom is 0.412 e. The molecule has 0 saturated heterocycles. The van der Waals surface area contributed by atoms with Gasteiger partial charge in [-0.1, -0.05) is 12.1 Å². The zero-order valence-electron chi connectivity index (χ0n) is 13.8. The largest absolute Gasteiger partial charge is 0.461 e. The van der Waals surface area contributed by atoms with Crippen molar-refractivity contribution in [2.75, 3.05) is 11.9 Å². The first-order valence-corrected chi connectivity index (χ1v) is 7.17. The number of carbonyl (C=O) groups is 3. The second-order valence-electron chi connectivity index (χ2n) is 5.83. The summed E-state index contributed by atoms with van der Waals surface area (Å²) >= 11 is 0. The fourth-order valence-electron chi connectivity index (χ4n) is 1.66. The lowest BCUT2D eigenvalue weighted by Gasteiger charge is -2.20. The normalized spacial score (nSPS) is 11.6. The smallest absolute Gasteiger partial charge is 0.412 e. The quantitative estimate of drug-likeness (QED) is 0.503. The lowest BCUT2D eigenvalue weighted by molar-refractivity contribution is -0.164. The van der Waals surface area contributed by atoms with Gasteiger partial charge < -0.3 is 9.47 Å². The van der Waals surface area contributed by atoms with E-state index in [-0.39, 0.29) is 12.3 Å². The van der Waals surface area contributed by atoms with Crippen molar-refractivity contribution in [3.63, 3.8) is 0 Å². The standard InChI is InChI=1S/C16H19F2NO5/c1-5-23-13(21)16(17,18)12(20)10-7-6-8-11(9-10)19-14(22)24-15(2,3)4/h6-9H,5H2,1-4H3,(H,19,22). The Morgan fingerprint density at radius 3 is 2.33 bits per heavy atom. The lowest BCUT2D eigenvalue weighted by atomic mass is 10.0. The van der Waals surface area contributed by atoms with Gasteiger partial charge in [0.2, 0.25) is 5.78 Å². The monoisotopic (exact) mass is 343 g/mol. The van der Waals surface area contributed by atoms with Crippen LogP contribution in [-0.4, -0.2) is 36.0 Å². The number of alkyl halides is 2. The summed E-state index contributed by atoms with van der Waals surface area (Å²) in [7, 11) is 0. The molecule has 132 valence electrons. The van der Waals surface area contributed by atoms with Crippen molar-refractivity contribution in [3.8, 4) is 0 Å². The average molecular weight is 343 g/mol. The molecule has 1 rings (SSSR count). The lowest BCUT2D eigenvalue weighted by Crippen LogP contribution is -2.39. The fourth-order valence-corrected chi connectivity index (χ4v) is 1.66. The maximum atomic E-state index is 13.8. The number of anilines is 1. The molecule has 24 heavy (non-hydrogen) atoms. The molecule has 0 fully saturated rings. The van der Waals surface area contributed by atoms with Gasteiger partial charge in [0.15, 0.2) is 0 Å². The molecule has 1 aromatic rings. The highest BCUT2D eigenvalue weighted by atomic mass is 19.3. The van der Waals surface area contributed by atoms with Crippen molar-refractivity contribution in [2.45, 2.75) is 39.2 Å². The first kappa shape index (κ1) is 19.5. The van der Waals surface area contributed by atoms with Gasteiger partial charge >= 0.3 is 18.0 Å². The molecule has 1 amide bonds. The van der Waals surface area contributed by atoms with Crippen LogP contribution in [0.1, 0.15) is 38.1 Å². The molecule has 1 N–H and O–H groups in total. The highest BCUT2D eigenvalue weighted by Gasteiger charge is 2.49. The Balaban J connectivity index is 2.94. The predicted molar refractivity (Wildman–Crippen MR) is 82.2 cm³/mol. The van der Waals surface area contributed by atoms with Crippen molar-refractivity contribution in [3.05, 3.63) is 29.8 Å². The molecule has 1 aromatic carbocycles. The van der Waals surface area contributed by atoms with Crippen LogP contribution in [0.25, 0.3) is 0 Å². The Morgan fingerprint density at radius 2 is 1.79 bits per heavy atom. The van der Waals surface area contributed by atoms with Gasteiger partial charge in [-0.25, -0.2) is 9.59 Å². The maximum absolute atomic E-state index is 13.8. The zero-order chi connectivity index (χ0) is 18.5. The molecule has 0 aliphatic rings. The van der Waals surface area contributed by atoms with E-state index in [1.54, 1.807) is 20.8 Å². The molecular formula is C16H19F2NO5. The Labute approximate surface area is 138 Å². The van der Waals surface area contributed by atoms with E-state index in [0.29, 0.717) is 0 Å². The van der Waals surface area contributed by atoms with E-state index in [2.05, 4.69) is 10.1 Å². The van der Waals surface area contributed by atoms with Crippen molar-refractivity contribution in [1.29, 1.82) is 0 Å². The number of halogens is 2. The molecule has 0 spiro atoms. The topological polar surface area (TPSA) is 81.7 Å². The molecule has 6 nitrogen and oxygen atoms in total. The summed E-state index contributed by atoms with van der Waals surface area (Å²) in [5.41, 5.74) is -1.11. The number of ether oxygens (including phenoxy) is 2. The van der Waals surface area contributed by atoms with Crippen LogP contribution in [0.4, 0.5) is 19.3 Å². The molecule has 0 aliphatic heterocycles. The summed E-state index contributed by atoms with van der Waals surface area (Å²) in [6, 6.07) is 4.82. The van der Waals surface area contributed by atoms with Crippen LogP contribution in [0.3, 0.4) is 0 Å². The number of hydrogen-bond acceptors (Lipinski definition) is 5. The third-order valence-corrected chi connectivity index (χ3v) is 2.59. The van der Waals surface area contributed by atoms with Crippen LogP contribution in [-0.2, 0) is 14.3 Å². The van der Waals surface area contributed by atoms with E-state index in [4.69, 9.17) is 4.74 Å². The SMILES string of the molecule is CCOC(=O)C(F)(F)C(=O)c1cccc(NC(=O)OC(C)(C)C)c1.